The Morgan fingerprint density at radius 1 is 0.677 bits per heavy atom. The van der Waals surface area contributed by atoms with Crippen molar-refractivity contribution < 1.29 is 21.1 Å². The van der Waals surface area contributed by atoms with E-state index in [9.17, 15) is 0 Å². The summed E-state index contributed by atoms with van der Waals surface area (Å²) < 4.78 is 7.17. The van der Waals surface area contributed by atoms with Gasteiger partial charge in [-0.05, 0) is 22.2 Å². The van der Waals surface area contributed by atoms with E-state index in [1.165, 1.54) is 0 Å². The molecule has 9 heteroatoms. The molecule has 8 nitrogen and oxygen atoms in total. The van der Waals surface area contributed by atoms with Crippen molar-refractivity contribution in [2.45, 2.75) is 65.5 Å². The third-order valence-corrected chi connectivity index (χ3v) is 4.84. The summed E-state index contributed by atoms with van der Waals surface area (Å²) in [5.74, 6) is 1.51. The molecular weight excluding hydrogens is 571 g/mol. The van der Waals surface area contributed by atoms with Crippen molar-refractivity contribution in [3.8, 4) is 11.6 Å². The second-order valence-electron chi connectivity index (χ2n) is 9.51. The smallest absolute Gasteiger partial charge is 0.342 e. The molecule has 166 valence electrons. The molecule has 4 heterocycles. The van der Waals surface area contributed by atoms with E-state index < -0.39 is 0 Å². The predicted molar refractivity (Wildman–Crippen MR) is 114 cm³/mol. The first-order valence-corrected chi connectivity index (χ1v) is 10.1. The van der Waals surface area contributed by atoms with Crippen LogP contribution in [-0.4, -0.2) is 39.1 Å². The molecule has 4 aromatic heterocycles. The standard InChI is InChI=1S/C22H28N8.Pt/c1-21(2,3)17-7-13-29(23-17)19-9-11-27(25-19)15-16-28-12-10-20(26-28)30-14-8-18(24-30)22(4,5)6;/h7-12H,15-16H2,1-6H3;/q-2;+2. The zero-order valence-corrected chi connectivity index (χ0v) is 21.0. The second kappa shape index (κ2) is 8.58. The number of hydrogen-bond donors (Lipinski definition) is 0. The van der Waals surface area contributed by atoms with Gasteiger partial charge in [0.15, 0.2) is 0 Å². The van der Waals surface area contributed by atoms with Crippen LogP contribution in [0.4, 0.5) is 0 Å². The Hall–Kier alpha value is -2.47. The minimum atomic E-state index is -0.0121. The molecule has 0 atom stereocenters. The van der Waals surface area contributed by atoms with Crippen LogP contribution >= 0.6 is 0 Å². The molecule has 0 fully saturated rings. The number of nitrogens with zero attached hydrogens (tertiary/aromatic N) is 8. The van der Waals surface area contributed by atoms with Gasteiger partial charge in [-0.1, -0.05) is 66.1 Å². The molecule has 0 bridgehead atoms. The Labute approximate surface area is 197 Å². The number of aryl methyl sites for hydroxylation is 2. The first-order valence-electron chi connectivity index (χ1n) is 10.1. The quantitative estimate of drug-likeness (QED) is 0.330. The normalized spacial score (nSPS) is 12.2. The summed E-state index contributed by atoms with van der Waals surface area (Å²) in [6.07, 6.45) is 10.2. The summed E-state index contributed by atoms with van der Waals surface area (Å²) in [5.41, 5.74) is 1.96. The Bertz CT molecular complexity index is 1040. The van der Waals surface area contributed by atoms with Crippen LogP contribution in [0.3, 0.4) is 0 Å². The van der Waals surface area contributed by atoms with E-state index in [2.05, 4.69) is 74.3 Å². The molecule has 0 amide bonds. The van der Waals surface area contributed by atoms with Crippen LogP contribution in [0, 0.1) is 12.4 Å². The van der Waals surface area contributed by atoms with Crippen molar-refractivity contribution in [2.75, 3.05) is 0 Å². The average molecular weight is 600 g/mol. The van der Waals surface area contributed by atoms with E-state index in [-0.39, 0.29) is 31.9 Å². The minimum Gasteiger partial charge on any atom is -0.342 e. The van der Waals surface area contributed by atoms with Gasteiger partial charge in [0.2, 0.25) is 0 Å². The van der Waals surface area contributed by atoms with Gasteiger partial charge in [0.1, 0.15) is 0 Å². The Morgan fingerprint density at radius 3 is 1.39 bits per heavy atom. The molecule has 31 heavy (non-hydrogen) atoms. The molecule has 0 aromatic carbocycles. The maximum absolute atomic E-state index is 4.61. The average Bonchev–Trinajstić information content (AvgIpc) is 3.45. The summed E-state index contributed by atoms with van der Waals surface area (Å²) >= 11 is 0. The fourth-order valence-electron chi connectivity index (χ4n) is 2.93. The van der Waals surface area contributed by atoms with Crippen molar-refractivity contribution in [3.05, 3.63) is 60.4 Å². The molecule has 0 unspecified atom stereocenters. The Morgan fingerprint density at radius 2 is 1.06 bits per heavy atom. The van der Waals surface area contributed by atoms with Crippen molar-refractivity contribution in [1.29, 1.82) is 0 Å². The van der Waals surface area contributed by atoms with Crippen molar-refractivity contribution in [1.82, 2.24) is 39.1 Å². The Kier molecular flexibility index (Phi) is 6.42. The third kappa shape index (κ3) is 5.24. The van der Waals surface area contributed by atoms with E-state index in [0.29, 0.717) is 13.1 Å². The molecule has 0 N–H and O–H groups in total. The molecule has 0 radical (unpaired) electrons. The third-order valence-electron chi connectivity index (χ3n) is 4.84. The largest absolute Gasteiger partial charge is 2.00 e. The van der Waals surface area contributed by atoms with E-state index >= 15 is 0 Å². The van der Waals surface area contributed by atoms with Crippen LogP contribution in [0.2, 0.25) is 0 Å². The zero-order valence-electron chi connectivity index (χ0n) is 18.8. The number of aromatic nitrogens is 8. The maximum atomic E-state index is 4.61. The van der Waals surface area contributed by atoms with Crippen LogP contribution in [0.5, 0.6) is 0 Å². The van der Waals surface area contributed by atoms with Crippen LogP contribution in [0.25, 0.3) is 11.6 Å². The maximum Gasteiger partial charge on any atom is 2.00 e. The second-order valence-corrected chi connectivity index (χ2v) is 9.51. The van der Waals surface area contributed by atoms with Crippen LogP contribution in [0.1, 0.15) is 52.9 Å². The van der Waals surface area contributed by atoms with Gasteiger partial charge >= 0.3 is 21.1 Å². The van der Waals surface area contributed by atoms with Gasteiger partial charge in [-0.2, -0.15) is 0 Å². The molecule has 0 saturated heterocycles. The number of rotatable bonds is 5. The van der Waals surface area contributed by atoms with Gasteiger partial charge in [0.25, 0.3) is 0 Å². The fourth-order valence-corrected chi connectivity index (χ4v) is 2.93. The summed E-state index contributed by atoms with van der Waals surface area (Å²) in [6.45, 7) is 14.2. The van der Waals surface area contributed by atoms with Gasteiger partial charge < -0.3 is 9.36 Å². The van der Waals surface area contributed by atoms with E-state index in [1.807, 2.05) is 46.0 Å². The van der Waals surface area contributed by atoms with Crippen molar-refractivity contribution in [3.63, 3.8) is 0 Å². The monoisotopic (exact) mass is 599 g/mol. The molecule has 0 spiro atoms. The van der Waals surface area contributed by atoms with Crippen molar-refractivity contribution >= 4 is 0 Å². The van der Waals surface area contributed by atoms with Gasteiger partial charge in [0.05, 0.1) is 24.7 Å². The van der Waals surface area contributed by atoms with Gasteiger partial charge in [-0.25, -0.2) is 10.2 Å². The SMILES string of the molecule is CC(C)(C)c1c[c-]n(-c2ccn(CCn3ccc(-n4[c-]cc(C(C)(C)C)n4)n3)n2)n1.[Pt+2]. The molecule has 0 aliphatic rings. The summed E-state index contributed by atoms with van der Waals surface area (Å²) in [7, 11) is 0. The first kappa shape index (κ1) is 23.2. The topological polar surface area (TPSA) is 71.3 Å². The van der Waals surface area contributed by atoms with E-state index in [0.717, 1.165) is 23.0 Å². The van der Waals surface area contributed by atoms with Crippen LogP contribution < -0.4 is 0 Å². The minimum absolute atomic E-state index is 0. The fraction of sp³-hybridized carbons (Fsp3) is 0.455. The van der Waals surface area contributed by atoms with E-state index in [1.54, 1.807) is 9.36 Å². The van der Waals surface area contributed by atoms with Crippen molar-refractivity contribution in [2.24, 2.45) is 0 Å². The van der Waals surface area contributed by atoms with Crippen LogP contribution in [-0.2, 0) is 45.0 Å². The van der Waals surface area contributed by atoms with Gasteiger partial charge in [-0.3, -0.25) is 19.6 Å². The van der Waals surface area contributed by atoms with Gasteiger partial charge in [-0.15, -0.1) is 12.1 Å². The van der Waals surface area contributed by atoms with E-state index in [4.69, 9.17) is 0 Å². The molecule has 4 rings (SSSR count). The summed E-state index contributed by atoms with van der Waals surface area (Å²) in [4.78, 5) is 0. The molecular formula is C22H28N8Pt. The molecule has 0 saturated carbocycles. The predicted octanol–water partition coefficient (Wildman–Crippen LogP) is 3.34. The Balaban J connectivity index is 0.00000272. The van der Waals surface area contributed by atoms with Crippen LogP contribution in [0.15, 0.2) is 36.7 Å². The zero-order chi connectivity index (χ0) is 21.5. The first-order chi connectivity index (χ1) is 14.1. The number of hydrogen-bond acceptors (Lipinski definition) is 4. The summed E-state index contributed by atoms with van der Waals surface area (Å²) in [5, 5.41) is 18.4. The summed E-state index contributed by atoms with van der Waals surface area (Å²) in [6, 6.07) is 7.72. The van der Waals surface area contributed by atoms with Gasteiger partial charge in [0, 0.05) is 12.4 Å². The molecule has 4 aromatic rings. The molecule has 0 aliphatic heterocycles. The molecule has 0 aliphatic carbocycles.